The maximum absolute atomic E-state index is 11.2. The fourth-order valence-corrected chi connectivity index (χ4v) is 0.703. The second-order valence-electron chi connectivity index (χ2n) is 4.49. The average Bonchev–Trinajstić information content (AvgIpc) is 1.99. The topological polar surface area (TPSA) is 41.1 Å². The van der Waals surface area contributed by atoms with Crippen LogP contribution in [-0.4, -0.2) is 18.6 Å². The summed E-state index contributed by atoms with van der Waals surface area (Å²) in [4.78, 5) is 11.2. The molecule has 0 aliphatic carbocycles. The van der Waals surface area contributed by atoms with Gasteiger partial charge in [0.2, 0.25) is 0 Å². The van der Waals surface area contributed by atoms with E-state index in [-0.39, 0.29) is 17.5 Å². The van der Waals surface area contributed by atoms with Crippen molar-refractivity contribution in [3.8, 4) is 0 Å². The molecule has 78 valence electrons. The van der Waals surface area contributed by atoms with Gasteiger partial charge in [0.15, 0.2) is 0 Å². The first-order chi connectivity index (χ1) is 5.88. The van der Waals surface area contributed by atoms with Gasteiger partial charge in [0.1, 0.15) is 0 Å². The zero-order valence-electron chi connectivity index (χ0n) is 9.40. The Morgan fingerprint density at radius 2 is 1.92 bits per heavy atom. The van der Waals surface area contributed by atoms with Gasteiger partial charge in [-0.15, -0.1) is 0 Å². The lowest BCUT2D eigenvalue weighted by Crippen LogP contribution is -2.46. The summed E-state index contributed by atoms with van der Waals surface area (Å²) in [7, 11) is 0. The molecule has 0 saturated carbocycles. The van der Waals surface area contributed by atoms with Gasteiger partial charge in [0.05, 0.1) is 0 Å². The van der Waals surface area contributed by atoms with E-state index in [0.29, 0.717) is 0 Å². The maximum atomic E-state index is 11.2. The lowest BCUT2D eigenvalue weighted by atomic mass is 9.88. The van der Waals surface area contributed by atoms with Crippen LogP contribution in [0.15, 0.2) is 0 Å². The van der Waals surface area contributed by atoms with E-state index in [0.717, 1.165) is 13.0 Å². The molecule has 0 aliphatic rings. The molecule has 0 spiro atoms. The van der Waals surface area contributed by atoms with Crippen LogP contribution in [0, 0.1) is 5.41 Å². The molecular weight excluding hydrogens is 164 g/mol. The van der Waals surface area contributed by atoms with Gasteiger partial charge in [0, 0.05) is 12.6 Å². The first-order valence-electron chi connectivity index (χ1n) is 4.92. The van der Waals surface area contributed by atoms with Crippen molar-refractivity contribution < 1.29 is 4.79 Å². The summed E-state index contributed by atoms with van der Waals surface area (Å²) in [5, 5.41) is 5.69. The van der Waals surface area contributed by atoms with Crippen LogP contribution in [0.25, 0.3) is 0 Å². The summed E-state index contributed by atoms with van der Waals surface area (Å²) in [6, 6.07) is 0.119. The van der Waals surface area contributed by atoms with Crippen LogP contribution in [0.4, 0.5) is 4.79 Å². The minimum absolute atomic E-state index is 0.0655. The number of carbonyl (C=O) groups is 1. The van der Waals surface area contributed by atoms with Gasteiger partial charge in [-0.2, -0.15) is 0 Å². The molecule has 1 atom stereocenters. The highest BCUT2D eigenvalue weighted by atomic mass is 16.2. The fourth-order valence-electron chi connectivity index (χ4n) is 0.703. The number of hydrogen-bond acceptors (Lipinski definition) is 1. The van der Waals surface area contributed by atoms with Gasteiger partial charge in [0.25, 0.3) is 0 Å². The second kappa shape index (κ2) is 5.10. The predicted octanol–water partition coefficient (Wildman–Crippen LogP) is 2.13. The Balaban J connectivity index is 3.79. The summed E-state index contributed by atoms with van der Waals surface area (Å²) < 4.78 is 0. The SMILES string of the molecule is CCCNC(=O)NC(C)C(C)(C)C. The lowest BCUT2D eigenvalue weighted by Gasteiger charge is -2.28. The number of nitrogens with one attached hydrogen (secondary N) is 2. The van der Waals surface area contributed by atoms with E-state index < -0.39 is 0 Å². The van der Waals surface area contributed by atoms with E-state index in [1.165, 1.54) is 0 Å². The molecule has 3 heteroatoms. The third kappa shape index (κ3) is 5.50. The zero-order chi connectivity index (χ0) is 10.5. The van der Waals surface area contributed by atoms with Crippen LogP contribution < -0.4 is 10.6 Å². The van der Waals surface area contributed by atoms with Crippen molar-refractivity contribution in [2.75, 3.05) is 6.54 Å². The lowest BCUT2D eigenvalue weighted by molar-refractivity contribution is 0.222. The molecule has 0 aliphatic heterocycles. The number of urea groups is 1. The van der Waals surface area contributed by atoms with Gasteiger partial charge in [-0.25, -0.2) is 4.79 Å². The van der Waals surface area contributed by atoms with Gasteiger partial charge in [-0.05, 0) is 18.8 Å². The van der Waals surface area contributed by atoms with Crippen LogP contribution in [0.3, 0.4) is 0 Å². The van der Waals surface area contributed by atoms with Gasteiger partial charge < -0.3 is 10.6 Å². The van der Waals surface area contributed by atoms with Crippen molar-refractivity contribution in [3.05, 3.63) is 0 Å². The molecule has 0 rings (SSSR count). The summed E-state index contributed by atoms with van der Waals surface area (Å²) in [6.07, 6.45) is 0.970. The molecule has 13 heavy (non-hydrogen) atoms. The van der Waals surface area contributed by atoms with Gasteiger partial charge >= 0.3 is 6.03 Å². The van der Waals surface area contributed by atoms with Crippen LogP contribution in [0.2, 0.25) is 0 Å². The van der Waals surface area contributed by atoms with Crippen molar-refractivity contribution in [2.24, 2.45) is 5.41 Å². The van der Waals surface area contributed by atoms with E-state index in [1.54, 1.807) is 0 Å². The highest BCUT2D eigenvalue weighted by molar-refractivity contribution is 5.74. The summed E-state index contributed by atoms with van der Waals surface area (Å²) >= 11 is 0. The Bertz CT molecular complexity index is 161. The van der Waals surface area contributed by atoms with Crippen molar-refractivity contribution >= 4 is 6.03 Å². The second-order valence-corrected chi connectivity index (χ2v) is 4.49. The normalized spacial score (nSPS) is 13.6. The zero-order valence-corrected chi connectivity index (χ0v) is 9.40. The van der Waals surface area contributed by atoms with Crippen molar-refractivity contribution in [1.29, 1.82) is 0 Å². The Hall–Kier alpha value is -0.730. The van der Waals surface area contributed by atoms with E-state index in [1.807, 2.05) is 13.8 Å². The van der Waals surface area contributed by atoms with E-state index in [9.17, 15) is 4.79 Å². The predicted molar refractivity (Wildman–Crippen MR) is 55.7 cm³/mol. The minimum atomic E-state index is -0.0655. The van der Waals surface area contributed by atoms with Crippen molar-refractivity contribution in [3.63, 3.8) is 0 Å². The largest absolute Gasteiger partial charge is 0.338 e. The van der Waals surface area contributed by atoms with Gasteiger partial charge in [-0.1, -0.05) is 27.7 Å². The first kappa shape index (κ1) is 12.3. The Morgan fingerprint density at radius 1 is 1.38 bits per heavy atom. The molecule has 3 nitrogen and oxygen atoms in total. The highest BCUT2D eigenvalue weighted by Crippen LogP contribution is 2.18. The number of hydrogen-bond donors (Lipinski definition) is 2. The molecule has 2 amide bonds. The number of carbonyl (C=O) groups excluding carboxylic acids is 1. The van der Waals surface area contributed by atoms with Crippen molar-refractivity contribution in [1.82, 2.24) is 10.6 Å². The van der Waals surface area contributed by atoms with E-state index in [4.69, 9.17) is 0 Å². The Kier molecular flexibility index (Phi) is 4.81. The molecule has 2 N–H and O–H groups in total. The number of rotatable bonds is 3. The summed E-state index contributed by atoms with van der Waals surface area (Å²) in [5.41, 5.74) is 0.115. The molecule has 0 aromatic heterocycles. The van der Waals surface area contributed by atoms with Crippen LogP contribution >= 0.6 is 0 Å². The molecule has 0 saturated heterocycles. The molecule has 0 aromatic rings. The fraction of sp³-hybridized carbons (Fsp3) is 0.900. The molecule has 0 fully saturated rings. The van der Waals surface area contributed by atoms with Gasteiger partial charge in [-0.3, -0.25) is 0 Å². The standard InChI is InChI=1S/C10H22N2O/c1-6-7-11-9(13)12-8(2)10(3,4)5/h8H,6-7H2,1-5H3,(H2,11,12,13). The summed E-state index contributed by atoms with van der Waals surface area (Å²) in [6.45, 7) is 11.1. The third-order valence-electron chi connectivity index (χ3n) is 2.18. The Morgan fingerprint density at radius 3 is 2.31 bits per heavy atom. The minimum Gasteiger partial charge on any atom is -0.338 e. The smallest absolute Gasteiger partial charge is 0.315 e. The first-order valence-corrected chi connectivity index (χ1v) is 4.92. The molecule has 0 bridgehead atoms. The van der Waals surface area contributed by atoms with Crippen molar-refractivity contribution in [2.45, 2.75) is 47.1 Å². The highest BCUT2D eigenvalue weighted by Gasteiger charge is 2.21. The molecular formula is C10H22N2O. The average molecular weight is 186 g/mol. The molecule has 0 heterocycles. The summed E-state index contributed by atoms with van der Waals surface area (Å²) in [5.74, 6) is 0. The van der Waals surface area contributed by atoms with Crippen LogP contribution in [0.1, 0.15) is 41.0 Å². The number of amides is 2. The Labute approximate surface area is 81.3 Å². The molecule has 1 unspecified atom stereocenters. The van der Waals surface area contributed by atoms with E-state index >= 15 is 0 Å². The molecule has 0 radical (unpaired) electrons. The molecule has 0 aromatic carbocycles. The van der Waals surface area contributed by atoms with Crippen LogP contribution in [-0.2, 0) is 0 Å². The monoisotopic (exact) mass is 186 g/mol. The third-order valence-corrected chi connectivity index (χ3v) is 2.18. The maximum Gasteiger partial charge on any atom is 0.315 e. The quantitative estimate of drug-likeness (QED) is 0.696. The van der Waals surface area contributed by atoms with Crippen LogP contribution in [0.5, 0.6) is 0 Å². The van der Waals surface area contributed by atoms with E-state index in [2.05, 4.69) is 31.4 Å².